The van der Waals surface area contributed by atoms with Gasteiger partial charge in [-0.1, -0.05) is 23.2 Å². The van der Waals surface area contributed by atoms with Crippen molar-refractivity contribution in [2.45, 2.75) is 18.8 Å². The average molecular weight is 378 g/mol. The maximum Gasteiger partial charge on any atom is 0.277 e. The number of amides is 1. The van der Waals surface area contributed by atoms with Gasteiger partial charge >= 0.3 is 0 Å². The molecule has 0 saturated heterocycles. The lowest BCUT2D eigenvalue weighted by molar-refractivity contribution is -0.122. The summed E-state index contributed by atoms with van der Waals surface area (Å²) in [4.78, 5) is 15.6. The van der Waals surface area contributed by atoms with Gasteiger partial charge in [0, 0.05) is 23.4 Å². The summed E-state index contributed by atoms with van der Waals surface area (Å²) in [5.74, 6) is -2.91. The van der Waals surface area contributed by atoms with Gasteiger partial charge in [0.05, 0.1) is 24.3 Å². The van der Waals surface area contributed by atoms with Crippen molar-refractivity contribution in [3.63, 3.8) is 0 Å². The number of hydrogen-bond acceptors (Lipinski definition) is 4. The average Bonchev–Trinajstić information content (AvgIpc) is 2.99. The molecule has 2 rings (SSSR count). The van der Waals surface area contributed by atoms with E-state index in [1.165, 1.54) is 6.20 Å². The maximum atomic E-state index is 12.9. The number of nitrogens with two attached hydrogens (primary N) is 1. The Labute approximate surface area is 147 Å². The lowest BCUT2D eigenvalue weighted by atomic mass is 10.2. The normalized spacial score (nSPS) is 11.5. The van der Waals surface area contributed by atoms with Crippen LogP contribution in [0.1, 0.15) is 12.3 Å². The number of aryl methyl sites for hydroxylation is 1. The zero-order chi connectivity index (χ0) is 17.7. The van der Waals surface area contributed by atoms with Gasteiger partial charge in [-0.25, -0.2) is 13.8 Å². The van der Waals surface area contributed by atoms with E-state index in [1.54, 1.807) is 18.2 Å². The van der Waals surface area contributed by atoms with E-state index in [1.807, 2.05) is 0 Å². The third-order valence-corrected chi connectivity index (χ3v) is 3.71. The van der Waals surface area contributed by atoms with Crippen LogP contribution < -0.4 is 11.1 Å². The molecule has 0 aliphatic rings. The van der Waals surface area contributed by atoms with Crippen LogP contribution in [0.2, 0.25) is 10.0 Å². The number of carbonyl (C=O) groups excluding carboxylic acids is 1. The molecule has 1 aromatic carbocycles. The Kier molecular flexibility index (Phi) is 6.15. The minimum absolute atomic E-state index is 0.0328. The van der Waals surface area contributed by atoms with Gasteiger partial charge in [0.25, 0.3) is 5.92 Å². The number of aromatic nitrogens is 1. The zero-order valence-electron chi connectivity index (χ0n) is 12.5. The summed E-state index contributed by atoms with van der Waals surface area (Å²) in [7, 11) is 0. The first-order valence-electron chi connectivity index (χ1n) is 7.05. The molecule has 0 spiro atoms. The quantitative estimate of drug-likeness (QED) is 0.775. The molecule has 1 aromatic heterocycles. The Balaban J connectivity index is 1.91. The topological polar surface area (TPSA) is 81.1 Å². The number of rotatable bonds is 7. The molecular weight excluding hydrogens is 363 g/mol. The van der Waals surface area contributed by atoms with Crippen molar-refractivity contribution in [2.24, 2.45) is 5.73 Å². The first-order chi connectivity index (χ1) is 11.3. The number of alkyl halides is 2. The predicted molar refractivity (Wildman–Crippen MR) is 87.3 cm³/mol. The Morgan fingerprint density at radius 1 is 1.38 bits per heavy atom. The van der Waals surface area contributed by atoms with E-state index >= 15 is 0 Å². The summed E-state index contributed by atoms with van der Waals surface area (Å²) in [6.07, 6.45) is 1.62. The van der Waals surface area contributed by atoms with Crippen LogP contribution in [0.25, 0.3) is 11.3 Å². The summed E-state index contributed by atoms with van der Waals surface area (Å²) in [6.45, 7) is -1.61. The van der Waals surface area contributed by atoms with Crippen LogP contribution in [-0.4, -0.2) is 29.9 Å². The number of halogens is 4. The third kappa shape index (κ3) is 5.15. The van der Waals surface area contributed by atoms with Crippen molar-refractivity contribution in [1.29, 1.82) is 0 Å². The molecule has 130 valence electrons. The van der Waals surface area contributed by atoms with Crippen LogP contribution in [-0.2, 0) is 11.2 Å². The Hall–Kier alpha value is -1.70. The second-order valence-corrected chi connectivity index (χ2v) is 5.92. The van der Waals surface area contributed by atoms with Crippen molar-refractivity contribution in [1.82, 2.24) is 10.3 Å². The molecule has 0 atom stereocenters. The second kappa shape index (κ2) is 7.92. The van der Waals surface area contributed by atoms with Gasteiger partial charge in [-0.15, -0.1) is 0 Å². The summed E-state index contributed by atoms with van der Waals surface area (Å²) in [5, 5.41) is 3.03. The van der Waals surface area contributed by atoms with E-state index in [9.17, 15) is 13.6 Å². The van der Waals surface area contributed by atoms with Crippen LogP contribution in [0.5, 0.6) is 0 Å². The molecule has 5 nitrogen and oxygen atoms in total. The zero-order valence-corrected chi connectivity index (χ0v) is 14.0. The van der Waals surface area contributed by atoms with Crippen LogP contribution >= 0.6 is 23.2 Å². The molecule has 0 aliphatic carbocycles. The fourth-order valence-corrected chi connectivity index (χ4v) is 2.35. The van der Waals surface area contributed by atoms with Crippen molar-refractivity contribution in [2.75, 3.05) is 13.1 Å². The number of carbonyl (C=O) groups is 1. The summed E-state index contributed by atoms with van der Waals surface area (Å²) in [6, 6.07) is 4.93. The molecule has 9 heteroatoms. The van der Waals surface area contributed by atoms with Crippen molar-refractivity contribution in [3.8, 4) is 11.3 Å². The maximum absolute atomic E-state index is 12.9. The highest BCUT2D eigenvalue weighted by Crippen LogP contribution is 2.30. The Bertz CT molecular complexity index is 722. The van der Waals surface area contributed by atoms with E-state index in [2.05, 4.69) is 10.3 Å². The van der Waals surface area contributed by atoms with Gasteiger partial charge in [-0.3, -0.25) is 4.79 Å². The van der Waals surface area contributed by atoms with Crippen LogP contribution in [0.3, 0.4) is 0 Å². The van der Waals surface area contributed by atoms with E-state index in [0.717, 1.165) is 0 Å². The van der Waals surface area contributed by atoms with Crippen molar-refractivity contribution >= 4 is 29.1 Å². The molecule has 0 aliphatic heterocycles. The van der Waals surface area contributed by atoms with E-state index in [0.29, 0.717) is 27.3 Å². The Morgan fingerprint density at radius 2 is 2.12 bits per heavy atom. The van der Waals surface area contributed by atoms with Crippen LogP contribution in [0, 0.1) is 0 Å². The first-order valence-corrected chi connectivity index (χ1v) is 7.81. The minimum atomic E-state index is -3.11. The molecule has 3 N–H and O–H groups in total. The van der Waals surface area contributed by atoms with Gasteiger partial charge in [0.15, 0.2) is 11.7 Å². The SMILES string of the molecule is NCC(F)(F)CNC(=O)CCc1ncc(-c2ccc(Cl)cc2Cl)o1. The lowest BCUT2D eigenvalue weighted by Crippen LogP contribution is -2.41. The molecule has 1 amide bonds. The molecule has 0 fully saturated rings. The van der Waals surface area contributed by atoms with E-state index in [4.69, 9.17) is 33.4 Å². The monoisotopic (exact) mass is 377 g/mol. The first kappa shape index (κ1) is 18.6. The fraction of sp³-hybridized carbons (Fsp3) is 0.333. The third-order valence-electron chi connectivity index (χ3n) is 3.16. The second-order valence-electron chi connectivity index (χ2n) is 5.08. The minimum Gasteiger partial charge on any atom is -0.441 e. The molecule has 0 bridgehead atoms. The van der Waals surface area contributed by atoms with Gasteiger partial charge in [0.1, 0.15) is 0 Å². The highest BCUT2D eigenvalue weighted by Gasteiger charge is 2.27. The molecular formula is C15H15Cl2F2N3O2. The number of nitrogens with one attached hydrogen (secondary N) is 1. The smallest absolute Gasteiger partial charge is 0.277 e. The molecule has 24 heavy (non-hydrogen) atoms. The standard InChI is InChI=1S/C15H15Cl2F2N3O2/c16-9-1-2-10(11(17)5-9)12-6-21-14(24-12)4-3-13(23)22-8-15(18,19)7-20/h1-2,5-6H,3-4,7-8,20H2,(H,22,23). The van der Waals surface area contributed by atoms with Gasteiger partial charge in [-0.05, 0) is 18.2 Å². The summed E-state index contributed by atoms with van der Waals surface area (Å²) < 4.78 is 31.4. The fourth-order valence-electron chi connectivity index (χ4n) is 1.85. The Morgan fingerprint density at radius 3 is 2.79 bits per heavy atom. The largest absolute Gasteiger partial charge is 0.441 e. The number of nitrogens with zero attached hydrogens (tertiary/aromatic N) is 1. The van der Waals surface area contributed by atoms with Crippen LogP contribution in [0.15, 0.2) is 28.8 Å². The predicted octanol–water partition coefficient (Wildman–Crippen LogP) is 3.29. The van der Waals surface area contributed by atoms with E-state index in [-0.39, 0.29) is 12.8 Å². The molecule has 0 saturated carbocycles. The van der Waals surface area contributed by atoms with Crippen LogP contribution in [0.4, 0.5) is 8.78 Å². The lowest BCUT2D eigenvalue weighted by Gasteiger charge is -2.14. The van der Waals surface area contributed by atoms with Gasteiger partial charge < -0.3 is 15.5 Å². The molecule has 0 radical (unpaired) electrons. The summed E-state index contributed by atoms with van der Waals surface area (Å²) >= 11 is 11.9. The van der Waals surface area contributed by atoms with Crippen molar-refractivity contribution < 1.29 is 18.0 Å². The summed E-state index contributed by atoms with van der Waals surface area (Å²) in [5.41, 5.74) is 5.51. The highest BCUT2D eigenvalue weighted by molar-refractivity contribution is 6.36. The molecule has 2 aromatic rings. The van der Waals surface area contributed by atoms with E-state index < -0.39 is 24.9 Å². The number of benzene rings is 1. The number of oxazole rings is 1. The molecule has 1 heterocycles. The molecule has 0 unspecified atom stereocenters. The van der Waals surface area contributed by atoms with Gasteiger partial charge in [-0.2, -0.15) is 0 Å². The van der Waals surface area contributed by atoms with Crippen molar-refractivity contribution in [3.05, 3.63) is 40.3 Å². The number of hydrogen-bond donors (Lipinski definition) is 2. The highest BCUT2D eigenvalue weighted by atomic mass is 35.5. The van der Waals surface area contributed by atoms with Gasteiger partial charge in [0.2, 0.25) is 5.91 Å².